The van der Waals surface area contributed by atoms with Crippen LogP contribution in [0, 0.1) is 23.6 Å². The second-order valence-electron chi connectivity index (χ2n) is 13.5. The molecule has 0 saturated carbocycles. The Balaban J connectivity index is 1.76. The largest absolute Gasteiger partial charge is 0.455 e. The quantitative estimate of drug-likeness (QED) is 0.168. The zero-order valence-electron chi connectivity index (χ0n) is 23.8. The van der Waals surface area contributed by atoms with Gasteiger partial charge in [-0.2, -0.15) is 0 Å². The summed E-state index contributed by atoms with van der Waals surface area (Å²) in [6.45, 7) is 15.9. The van der Waals surface area contributed by atoms with Crippen molar-refractivity contribution in [3.05, 3.63) is 77.2 Å². The summed E-state index contributed by atoms with van der Waals surface area (Å²) in [4.78, 5) is 0. The predicted octanol–water partition coefficient (Wildman–Crippen LogP) is 9.37. The first-order valence-corrected chi connectivity index (χ1v) is 13.6. The van der Waals surface area contributed by atoms with Gasteiger partial charge in [-0.05, 0) is 70.0 Å². The van der Waals surface area contributed by atoms with Gasteiger partial charge >= 0.3 is 0 Å². The molecule has 0 atom stereocenters. The van der Waals surface area contributed by atoms with Crippen LogP contribution in [-0.4, -0.2) is 0 Å². The highest BCUT2D eigenvalue weighted by molar-refractivity contribution is 6.16. The van der Waals surface area contributed by atoms with E-state index in [1.807, 2.05) is 12.1 Å². The third-order valence-corrected chi connectivity index (χ3v) is 7.77. The summed E-state index contributed by atoms with van der Waals surface area (Å²) in [7, 11) is 2.10. The number of aryl methyl sites for hydroxylation is 2. The van der Waals surface area contributed by atoms with Crippen LogP contribution in [0.25, 0.3) is 43.6 Å². The third-order valence-electron chi connectivity index (χ3n) is 7.77. The molecular formula is C35H37FNO+. The molecule has 5 aromatic rings. The van der Waals surface area contributed by atoms with Crippen molar-refractivity contribution in [1.82, 2.24) is 0 Å². The number of fused-ring (bicyclic) bond motifs is 5. The van der Waals surface area contributed by atoms with Crippen LogP contribution in [0.4, 0.5) is 4.39 Å². The molecule has 0 fully saturated rings. The lowest BCUT2D eigenvalue weighted by Crippen LogP contribution is -2.32. The Morgan fingerprint density at radius 2 is 1.53 bits per heavy atom. The molecule has 6 rings (SSSR count). The van der Waals surface area contributed by atoms with E-state index in [0.717, 1.165) is 51.8 Å². The molecule has 0 radical (unpaired) electrons. The number of hydrogen-bond donors (Lipinski definition) is 0. The summed E-state index contributed by atoms with van der Waals surface area (Å²) in [6.07, 6.45) is 4.00. The van der Waals surface area contributed by atoms with Crippen LogP contribution in [0.5, 0.6) is 11.5 Å². The average molecular weight is 507 g/mol. The first kappa shape index (κ1) is 24.9. The van der Waals surface area contributed by atoms with Gasteiger partial charge in [0, 0.05) is 22.4 Å². The molecule has 0 aliphatic carbocycles. The summed E-state index contributed by atoms with van der Waals surface area (Å²) in [5.74, 6) is 1.43. The van der Waals surface area contributed by atoms with E-state index in [0.29, 0.717) is 5.39 Å². The maximum atomic E-state index is 15.0. The van der Waals surface area contributed by atoms with Crippen molar-refractivity contribution >= 4 is 32.3 Å². The molecule has 0 unspecified atom stereocenters. The van der Waals surface area contributed by atoms with E-state index >= 15 is 0 Å². The van der Waals surface area contributed by atoms with Gasteiger partial charge in [0.25, 0.3) is 0 Å². The van der Waals surface area contributed by atoms with Gasteiger partial charge in [0.2, 0.25) is 5.69 Å². The molecule has 2 nitrogen and oxygen atoms in total. The number of benzene rings is 4. The Morgan fingerprint density at radius 3 is 2.24 bits per heavy atom. The van der Waals surface area contributed by atoms with Crippen LogP contribution in [0.1, 0.15) is 58.2 Å². The molecule has 194 valence electrons. The van der Waals surface area contributed by atoms with E-state index < -0.39 is 0 Å². The van der Waals surface area contributed by atoms with Crippen molar-refractivity contribution in [2.24, 2.45) is 17.9 Å². The second-order valence-corrected chi connectivity index (χ2v) is 13.5. The lowest BCUT2D eigenvalue weighted by molar-refractivity contribution is -0.659. The van der Waals surface area contributed by atoms with E-state index in [1.54, 1.807) is 6.07 Å². The van der Waals surface area contributed by atoms with Crippen LogP contribution < -0.4 is 9.30 Å². The van der Waals surface area contributed by atoms with E-state index in [2.05, 4.69) is 90.5 Å². The lowest BCUT2D eigenvalue weighted by Gasteiger charge is -2.28. The fourth-order valence-electron chi connectivity index (χ4n) is 6.30. The number of pyridine rings is 1. The topological polar surface area (TPSA) is 13.1 Å². The number of halogens is 1. The normalized spacial score (nSPS) is 13.3. The molecule has 1 aliphatic heterocycles. The lowest BCUT2D eigenvalue weighted by atomic mass is 9.80. The summed E-state index contributed by atoms with van der Waals surface area (Å²) in [6, 6.07) is 16.3. The minimum absolute atomic E-state index is 0.0629. The zero-order valence-corrected chi connectivity index (χ0v) is 23.8. The van der Waals surface area contributed by atoms with E-state index in [1.165, 1.54) is 33.5 Å². The molecule has 1 aliphatic rings. The highest BCUT2D eigenvalue weighted by atomic mass is 19.1. The van der Waals surface area contributed by atoms with Crippen molar-refractivity contribution in [1.29, 1.82) is 0 Å². The predicted molar refractivity (Wildman–Crippen MR) is 157 cm³/mol. The molecule has 2 heterocycles. The van der Waals surface area contributed by atoms with Gasteiger partial charge in [0.15, 0.2) is 6.20 Å². The van der Waals surface area contributed by atoms with Crippen molar-refractivity contribution in [2.75, 3.05) is 0 Å². The number of ether oxygens (including phenoxy) is 1. The molecule has 0 N–H and O–H groups in total. The third kappa shape index (κ3) is 3.95. The van der Waals surface area contributed by atoms with Gasteiger partial charge in [-0.3, -0.25) is 0 Å². The highest BCUT2D eigenvalue weighted by Gasteiger charge is 2.34. The maximum absolute atomic E-state index is 15.0. The van der Waals surface area contributed by atoms with Crippen LogP contribution in [0.15, 0.2) is 54.7 Å². The molecule has 0 amide bonds. The van der Waals surface area contributed by atoms with E-state index in [4.69, 9.17) is 4.74 Å². The van der Waals surface area contributed by atoms with Gasteiger partial charge in [-0.1, -0.05) is 71.9 Å². The minimum Gasteiger partial charge on any atom is -0.455 e. The summed E-state index contributed by atoms with van der Waals surface area (Å²) >= 11 is 0. The smallest absolute Gasteiger partial charge is 0.228 e. The fraction of sp³-hybridized carbons (Fsp3) is 0.343. The van der Waals surface area contributed by atoms with Crippen LogP contribution in [0.2, 0.25) is 0 Å². The average Bonchev–Trinajstić information content (AvgIpc) is 2.82. The van der Waals surface area contributed by atoms with Crippen LogP contribution in [-0.2, 0) is 19.9 Å². The first-order chi connectivity index (χ1) is 17.8. The summed E-state index contributed by atoms with van der Waals surface area (Å²) < 4.78 is 24.1. The van der Waals surface area contributed by atoms with Crippen molar-refractivity contribution in [3.63, 3.8) is 0 Å². The van der Waals surface area contributed by atoms with Gasteiger partial charge in [0.05, 0.1) is 10.9 Å². The van der Waals surface area contributed by atoms with Crippen molar-refractivity contribution in [2.45, 2.75) is 61.3 Å². The molecular weight excluding hydrogens is 469 g/mol. The van der Waals surface area contributed by atoms with Gasteiger partial charge in [-0.15, -0.1) is 0 Å². The molecule has 0 bridgehead atoms. The Morgan fingerprint density at radius 1 is 0.789 bits per heavy atom. The summed E-state index contributed by atoms with van der Waals surface area (Å²) in [5.41, 5.74) is 6.38. The molecule has 4 aromatic carbocycles. The number of hydrogen-bond acceptors (Lipinski definition) is 1. The Kier molecular flexibility index (Phi) is 5.41. The molecule has 0 saturated heterocycles. The molecule has 0 spiro atoms. The molecule has 1 aromatic heterocycles. The van der Waals surface area contributed by atoms with Gasteiger partial charge in [0.1, 0.15) is 24.4 Å². The first-order valence-electron chi connectivity index (χ1n) is 13.6. The Bertz CT molecular complexity index is 1780. The highest BCUT2D eigenvalue weighted by Crippen LogP contribution is 2.53. The molecule has 38 heavy (non-hydrogen) atoms. The Labute approximate surface area is 225 Å². The molecule has 3 heteroatoms. The SMILES string of the molecule is Cc1c2c(c(CC(C)(C)C)c3ccc(CC(C)(C)C)cc13)Oc1cc3c(F)cccc3c3cc[n+](C)c-2c13. The minimum atomic E-state index is -0.221. The second kappa shape index (κ2) is 8.27. The van der Waals surface area contributed by atoms with Gasteiger partial charge in [-0.25, -0.2) is 8.96 Å². The van der Waals surface area contributed by atoms with Crippen molar-refractivity contribution < 1.29 is 13.7 Å². The monoisotopic (exact) mass is 506 g/mol. The number of rotatable bonds is 2. The van der Waals surface area contributed by atoms with E-state index in [9.17, 15) is 4.39 Å². The summed E-state index contributed by atoms with van der Waals surface area (Å²) in [5, 5.41) is 6.13. The maximum Gasteiger partial charge on any atom is 0.228 e. The van der Waals surface area contributed by atoms with E-state index in [-0.39, 0.29) is 16.6 Å². The van der Waals surface area contributed by atoms with Crippen LogP contribution in [0.3, 0.4) is 0 Å². The fourth-order valence-corrected chi connectivity index (χ4v) is 6.30. The van der Waals surface area contributed by atoms with Crippen LogP contribution >= 0.6 is 0 Å². The zero-order chi connectivity index (χ0) is 27.1. The number of nitrogens with zero attached hydrogens (tertiary/aromatic N) is 1. The Hall–Kier alpha value is -3.46. The van der Waals surface area contributed by atoms with Gasteiger partial charge < -0.3 is 4.74 Å². The standard InChI is InChI=1S/C35H37FNO/c1-20-25-16-21(18-34(2,3)4)12-13-23(25)27(19-35(5,6)7)33-30(20)32-31-24(14-15-37(32)8)22-10-9-11-28(36)26(22)17-29(31)38-33/h9-17H,18-19H2,1-8H3/q+1. The van der Waals surface area contributed by atoms with Crippen molar-refractivity contribution in [3.8, 4) is 22.8 Å². The number of aromatic nitrogens is 1.